The molecule has 0 bridgehead atoms. The summed E-state index contributed by atoms with van der Waals surface area (Å²) in [7, 11) is 0. The summed E-state index contributed by atoms with van der Waals surface area (Å²) >= 11 is 0. The van der Waals surface area contributed by atoms with Crippen molar-refractivity contribution in [2.24, 2.45) is 5.41 Å². The Labute approximate surface area is 181 Å². The molecule has 0 fully saturated rings. The van der Waals surface area contributed by atoms with Crippen molar-refractivity contribution >= 4 is 5.97 Å². The zero-order valence-electron chi connectivity index (χ0n) is 17.1. The van der Waals surface area contributed by atoms with Crippen LogP contribution >= 0.6 is 0 Å². The molecule has 32 heavy (non-hydrogen) atoms. The number of hydrogen-bond acceptors (Lipinski definition) is 7. The molecule has 0 saturated carbocycles. The fraction of sp³-hybridized carbons (Fsp3) is 0.350. The van der Waals surface area contributed by atoms with Gasteiger partial charge in [-0.2, -0.15) is 9.68 Å². The van der Waals surface area contributed by atoms with Crippen molar-refractivity contribution in [3.63, 3.8) is 0 Å². The lowest BCUT2D eigenvalue weighted by Gasteiger charge is -2.25. The van der Waals surface area contributed by atoms with Gasteiger partial charge in [0.15, 0.2) is 13.2 Å². The molecule has 1 atom stereocenters. The third kappa shape index (κ3) is 6.60. The minimum absolute atomic E-state index is 0.330. The quantitative estimate of drug-likeness (QED) is 0.325. The fourth-order valence-electron chi connectivity index (χ4n) is 2.78. The average molecular weight is 454 g/mol. The Morgan fingerprint density at radius 3 is 2.12 bits per heavy atom. The van der Waals surface area contributed by atoms with Crippen LogP contribution in [0.25, 0.3) is 11.1 Å². The Kier molecular flexibility index (Phi) is 8.41. The molecule has 172 valence electrons. The van der Waals surface area contributed by atoms with E-state index in [1.54, 1.807) is 36.4 Å². The zero-order valence-corrected chi connectivity index (χ0v) is 17.1. The van der Waals surface area contributed by atoms with Gasteiger partial charge in [0.2, 0.25) is 0 Å². The van der Waals surface area contributed by atoms with E-state index in [9.17, 15) is 24.1 Å². The van der Waals surface area contributed by atoms with Crippen molar-refractivity contribution < 1.29 is 49.3 Å². The van der Waals surface area contributed by atoms with Crippen molar-refractivity contribution in [1.29, 1.82) is 0 Å². The van der Waals surface area contributed by atoms with Gasteiger partial charge >= 0.3 is 16.1 Å². The van der Waals surface area contributed by atoms with Crippen molar-refractivity contribution in [3.05, 3.63) is 69.7 Å². The van der Waals surface area contributed by atoms with E-state index in [2.05, 4.69) is 9.68 Å². The first-order valence-corrected chi connectivity index (χ1v) is 9.38. The first-order valence-electron chi connectivity index (χ1n) is 9.38. The van der Waals surface area contributed by atoms with E-state index in [1.807, 2.05) is 0 Å². The first kappa shape index (κ1) is 24.5. The number of ether oxygens (including phenoxy) is 1. The summed E-state index contributed by atoms with van der Waals surface area (Å²) in [5.74, 6) is -2.24. The Hall–Kier alpha value is -3.80. The molecule has 0 aliphatic rings. The minimum Gasteiger partial charge on any atom is -0.464 e. The van der Waals surface area contributed by atoms with Crippen LogP contribution in [0.5, 0.6) is 0 Å². The van der Waals surface area contributed by atoms with Gasteiger partial charge in [0.1, 0.15) is 27.7 Å². The van der Waals surface area contributed by atoms with Crippen LogP contribution < -0.4 is 0 Å². The summed E-state index contributed by atoms with van der Waals surface area (Å²) in [4.78, 5) is 42.4. The van der Waals surface area contributed by atoms with Gasteiger partial charge in [0.25, 0.3) is 0 Å². The normalized spacial score (nSPS) is 12.0. The number of benzene rings is 2. The van der Waals surface area contributed by atoms with Crippen LogP contribution in [0.1, 0.15) is 18.4 Å². The van der Waals surface area contributed by atoms with Crippen LogP contribution in [-0.4, -0.2) is 58.1 Å². The Morgan fingerprint density at radius 1 is 1.03 bits per heavy atom. The summed E-state index contributed by atoms with van der Waals surface area (Å²) in [6.07, 6.45) is 0. The van der Waals surface area contributed by atoms with E-state index in [-0.39, 0.29) is 0 Å². The minimum atomic E-state index is -1.67. The van der Waals surface area contributed by atoms with Crippen LogP contribution in [-0.2, 0) is 19.2 Å². The number of hydrogen-bond donors (Lipinski definition) is 3. The lowest BCUT2D eigenvalue weighted by Crippen LogP contribution is -2.43. The Bertz CT molecular complexity index is 937. The molecular formula is C20H23FN2O9+2. The highest BCUT2D eigenvalue weighted by Gasteiger charge is 2.40. The number of rotatable bonds is 12. The Morgan fingerprint density at radius 2 is 1.62 bits per heavy atom. The van der Waals surface area contributed by atoms with Crippen molar-refractivity contribution in [2.75, 3.05) is 26.4 Å². The maximum Gasteiger partial charge on any atom is 0.475 e. The molecule has 2 aromatic rings. The summed E-state index contributed by atoms with van der Waals surface area (Å²) in [5, 5.41) is 25.1. The molecule has 0 aliphatic heterocycles. The summed E-state index contributed by atoms with van der Waals surface area (Å²) < 4.78 is 19.8. The highest BCUT2D eigenvalue weighted by molar-refractivity contribution is 5.78. The number of aliphatic hydroxyl groups is 1. The molecule has 2 rings (SSSR count). The van der Waals surface area contributed by atoms with Gasteiger partial charge in [0.05, 0.1) is 12.5 Å². The van der Waals surface area contributed by atoms with Crippen molar-refractivity contribution in [3.8, 4) is 11.1 Å². The topological polar surface area (TPSA) is 146 Å². The molecule has 11 nitrogen and oxygen atoms in total. The third-order valence-electron chi connectivity index (χ3n) is 4.75. The van der Waals surface area contributed by atoms with Crippen LogP contribution in [0.3, 0.4) is 0 Å². The summed E-state index contributed by atoms with van der Waals surface area (Å²) in [5.41, 5.74) is -0.307. The molecule has 3 N–H and O–H groups in total. The van der Waals surface area contributed by atoms with E-state index in [1.165, 1.54) is 19.1 Å². The standard InChI is InChI=1S/C20H23FN2O9/c1-14(16-7-8-17(18(21)9-16)15-5-3-2-4-6-15)19(25)30-11-20(10-24,12-31-22(26)27)13-32-23(28)29/h2-9,14,24H,10-13H2,1H3,(H,26,27)(H,28,29)/q+2/t14-/m1/s1. The molecule has 2 aromatic carbocycles. The fourth-order valence-corrected chi connectivity index (χ4v) is 2.78. The first-order chi connectivity index (χ1) is 15.2. The molecule has 0 heterocycles. The molecule has 0 aliphatic carbocycles. The summed E-state index contributed by atoms with van der Waals surface area (Å²) in [6, 6.07) is 13.2. The zero-order chi connectivity index (χ0) is 23.7. The maximum absolute atomic E-state index is 14.6. The monoisotopic (exact) mass is 454 g/mol. The number of nitrogens with zero attached hydrogens (tertiary/aromatic N) is 2. The smallest absolute Gasteiger partial charge is 0.464 e. The number of aliphatic hydroxyl groups excluding tert-OH is 1. The molecular weight excluding hydrogens is 431 g/mol. The molecule has 0 radical (unpaired) electrons. The van der Waals surface area contributed by atoms with Crippen LogP contribution in [0.15, 0.2) is 48.5 Å². The van der Waals surface area contributed by atoms with Gasteiger partial charge in [-0.05, 0) is 24.1 Å². The highest BCUT2D eigenvalue weighted by atomic mass is 19.1. The number of esters is 1. The van der Waals surface area contributed by atoms with Gasteiger partial charge in [-0.25, -0.2) is 14.8 Å². The molecule has 12 heteroatoms. The van der Waals surface area contributed by atoms with Gasteiger partial charge in [-0.3, -0.25) is 4.79 Å². The van der Waals surface area contributed by atoms with E-state index in [0.29, 0.717) is 16.7 Å². The second-order valence-electron chi connectivity index (χ2n) is 7.12. The van der Waals surface area contributed by atoms with Crippen LogP contribution in [0.4, 0.5) is 4.39 Å². The molecule has 0 amide bonds. The van der Waals surface area contributed by atoms with Gasteiger partial charge in [0, 0.05) is 5.56 Å². The van der Waals surface area contributed by atoms with E-state index >= 15 is 0 Å². The van der Waals surface area contributed by atoms with Crippen molar-refractivity contribution in [1.82, 2.24) is 0 Å². The molecule has 0 saturated heterocycles. The third-order valence-corrected chi connectivity index (χ3v) is 4.75. The van der Waals surface area contributed by atoms with Gasteiger partial charge in [-0.1, -0.05) is 42.5 Å². The van der Waals surface area contributed by atoms with Crippen molar-refractivity contribution in [2.45, 2.75) is 12.8 Å². The number of carbonyl (C=O) groups is 1. The largest absolute Gasteiger partial charge is 0.475 e. The lowest BCUT2D eigenvalue weighted by molar-refractivity contribution is -0.983. The maximum atomic E-state index is 14.6. The van der Waals surface area contributed by atoms with E-state index < -0.39 is 59.7 Å². The predicted molar refractivity (Wildman–Crippen MR) is 103 cm³/mol. The lowest BCUT2D eigenvalue weighted by atomic mass is 9.92. The second kappa shape index (κ2) is 11.0. The van der Waals surface area contributed by atoms with E-state index in [0.717, 1.165) is 0 Å². The predicted octanol–water partition coefficient (Wildman–Crippen LogP) is 2.32. The Balaban J connectivity index is 2.11. The van der Waals surface area contributed by atoms with E-state index in [4.69, 9.17) is 15.2 Å². The molecule has 0 aromatic heterocycles. The highest BCUT2D eigenvalue weighted by Crippen LogP contribution is 2.27. The SMILES string of the molecule is C[C@@H](C(=O)OCC(CO)(CO[N+](=O)O)CO[N+](=O)O)c1ccc(-c2ccccc2)c(F)c1. The van der Waals surface area contributed by atoms with Crippen LogP contribution in [0.2, 0.25) is 0 Å². The molecule has 0 spiro atoms. The summed E-state index contributed by atoms with van der Waals surface area (Å²) in [6.45, 7) is -1.39. The molecule has 0 unspecified atom stereocenters. The number of carbonyl (C=O) groups excluding carboxylic acids is 1. The van der Waals surface area contributed by atoms with Gasteiger partial charge in [-0.15, -0.1) is 0 Å². The number of halogens is 1. The second-order valence-corrected chi connectivity index (χ2v) is 7.12. The van der Waals surface area contributed by atoms with Gasteiger partial charge < -0.3 is 9.84 Å². The average Bonchev–Trinajstić information content (AvgIpc) is 2.78. The van der Waals surface area contributed by atoms with Crippen LogP contribution in [0, 0.1) is 21.0 Å².